The number of alkyl halides is 3. The van der Waals surface area contributed by atoms with Crippen molar-refractivity contribution < 1.29 is 55.3 Å². The third-order valence-corrected chi connectivity index (χ3v) is 10.5. The van der Waals surface area contributed by atoms with E-state index in [9.17, 15) is 36.3 Å². The topological polar surface area (TPSA) is 180 Å². The number of carboxylic acid groups (broad SMARTS) is 2. The third-order valence-electron chi connectivity index (χ3n) is 8.68. The Kier molecular flexibility index (Phi) is 12.1. The summed E-state index contributed by atoms with van der Waals surface area (Å²) in [6.45, 7) is 3.36. The third kappa shape index (κ3) is 8.26. The minimum atomic E-state index is -5.08. The number of aliphatic carboxylic acids is 2. The maximum absolute atomic E-state index is 16.1. The Balaban J connectivity index is 0.000000785. The maximum atomic E-state index is 16.1. The van der Waals surface area contributed by atoms with Gasteiger partial charge in [-0.3, -0.25) is 19.6 Å². The van der Waals surface area contributed by atoms with E-state index in [0.717, 1.165) is 10.8 Å². The number of sulfone groups is 1. The summed E-state index contributed by atoms with van der Waals surface area (Å²) in [5.74, 6) is -0.0577. The molecule has 17 heteroatoms. The van der Waals surface area contributed by atoms with Crippen molar-refractivity contribution in [1.82, 2.24) is 9.88 Å². The van der Waals surface area contributed by atoms with Crippen molar-refractivity contribution in [2.24, 2.45) is 11.8 Å². The molecule has 0 unspecified atom stereocenters. The summed E-state index contributed by atoms with van der Waals surface area (Å²) in [5, 5.41) is 20.1. The molecule has 52 heavy (non-hydrogen) atoms. The second-order valence-electron chi connectivity index (χ2n) is 11.7. The number of nitrogens with two attached hydrogens (primary N) is 1. The number of ether oxygens (including phenoxy) is 1. The molecular formula is C35H36F4N4O8S. The van der Waals surface area contributed by atoms with Crippen molar-refractivity contribution in [1.29, 1.82) is 0 Å². The van der Waals surface area contributed by atoms with Gasteiger partial charge in [0, 0.05) is 29.9 Å². The van der Waals surface area contributed by atoms with Gasteiger partial charge in [0.15, 0.2) is 27.4 Å². The van der Waals surface area contributed by atoms with Gasteiger partial charge in [-0.1, -0.05) is 38.1 Å². The Morgan fingerprint density at radius 2 is 1.73 bits per heavy atom. The zero-order chi connectivity index (χ0) is 38.5. The Morgan fingerprint density at radius 3 is 2.33 bits per heavy atom. The molecule has 4 aromatic rings. The number of benzene rings is 3. The largest absolute Gasteiger partial charge is 0.494 e. The van der Waals surface area contributed by atoms with Crippen LogP contribution < -0.4 is 15.6 Å². The highest BCUT2D eigenvalue weighted by atomic mass is 32.2. The molecule has 0 bridgehead atoms. The van der Waals surface area contributed by atoms with Gasteiger partial charge in [0.05, 0.1) is 35.4 Å². The van der Waals surface area contributed by atoms with Crippen molar-refractivity contribution in [3.63, 3.8) is 0 Å². The maximum Gasteiger partial charge on any atom is 0.490 e. The molecule has 2 heterocycles. The summed E-state index contributed by atoms with van der Waals surface area (Å²) in [4.78, 5) is 41.6. The number of carbonyl (C=O) groups excluding carboxylic acids is 1. The standard InChI is InChI=1S/C33H35FN4O6S.C2HF3O2/c1-4-20-16-26(29(34)27(17-20)44-3)31(38(35)23-11-10-22-19-36-14-12-21(22)18-23)32(39)37-15-13-25(33(40)41)30(37)24-8-6-7-9-28(24)45(42,43)5-2;3-2(4,5)1(6)7/h6-12,14,16-19,25,30-31H,4-5,13,15,35H2,1-3H3,(H,40,41);(H,6,7)/t25-,30-,31+;/m0./s1. The molecule has 0 saturated carbocycles. The molecule has 3 aromatic carbocycles. The molecule has 5 rings (SSSR count). The van der Waals surface area contributed by atoms with Crippen LogP contribution in [-0.2, 0) is 30.6 Å². The van der Waals surface area contributed by atoms with Crippen LogP contribution in [-0.4, -0.2) is 71.9 Å². The first-order chi connectivity index (χ1) is 24.5. The Bertz CT molecular complexity index is 2080. The summed E-state index contributed by atoms with van der Waals surface area (Å²) in [5.41, 5.74) is 1.23. The highest BCUT2D eigenvalue weighted by molar-refractivity contribution is 7.91. The monoisotopic (exact) mass is 748 g/mol. The van der Waals surface area contributed by atoms with Crippen molar-refractivity contribution in [2.45, 2.75) is 49.8 Å². The number of aromatic nitrogens is 1. The van der Waals surface area contributed by atoms with Gasteiger partial charge in [-0.25, -0.2) is 23.4 Å². The predicted octanol–water partition coefficient (Wildman–Crippen LogP) is 5.47. The van der Waals surface area contributed by atoms with Gasteiger partial charge in [-0.15, -0.1) is 0 Å². The smallest absolute Gasteiger partial charge is 0.490 e. The number of likely N-dealkylation sites (tertiary alicyclic amines) is 1. The van der Waals surface area contributed by atoms with E-state index >= 15 is 4.39 Å². The van der Waals surface area contributed by atoms with Crippen LogP contribution in [0.25, 0.3) is 10.8 Å². The van der Waals surface area contributed by atoms with Crippen LogP contribution in [0.15, 0.2) is 78.0 Å². The Hall–Kier alpha value is -5.29. The molecule has 1 aromatic heterocycles. The fourth-order valence-electron chi connectivity index (χ4n) is 6.02. The van der Waals surface area contributed by atoms with E-state index in [0.29, 0.717) is 17.7 Å². The van der Waals surface area contributed by atoms with Crippen molar-refractivity contribution in [3.05, 3.63) is 95.6 Å². The summed E-state index contributed by atoms with van der Waals surface area (Å²) in [6.07, 6.45) is -1.21. The van der Waals surface area contributed by atoms with Crippen LogP contribution >= 0.6 is 0 Å². The highest BCUT2D eigenvalue weighted by Crippen LogP contribution is 2.43. The summed E-state index contributed by atoms with van der Waals surface area (Å²) in [7, 11) is -2.46. The van der Waals surface area contributed by atoms with Crippen molar-refractivity contribution in [2.75, 3.05) is 24.4 Å². The molecule has 12 nitrogen and oxygen atoms in total. The van der Waals surface area contributed by atoms with Crippen LogP contribution in [0.1, 0.15) is 49.0 Å². The van der Waals surface area contributed by atoms with Crippen LogP contribution in [0.2, 0.25) is 0 Å². The molecule has 1 fully saturated rings. The first-order valence-corrected chi connectivity index (χ1v) is 17.5. The zero-order valence-corrected chi connectivity index (χ0v) is 29.0. The number of hydrazine groups is 1. The lowest BCUT2D eigenvalue weighted by Crippen LogP contribution is -2.47. The van der Waals surface area contributed by atoms with E-state index in [1.54, 1.807) is 60.9 Å². The first kappa shape index (κ1) is 39.5. The summed E-state index contributed by atoms with van der Waals surface area (Å²) < 4.78 is 79.5. The minimum absolute atomic E-state index is 0.0130. The number of carboxylic acids is 2. The second kappa shape index (κ2) is 15.9. The number of aryl methyl sites for hydroxylation is 1. The molecule has 1 aliphatic rings. The lowest BCUT2D eigenvalue weighted by Gasteiger charge is -2.36. The minimum Gasteiger partial charge on any atom is -0.494 e. The van der Waals surface area contributed by atoms with Crippen LogP contribution in [0, 0.1) is 11.7 Å². The lowest BCUT2D eigenvalue weighted by molar-refractivity contribution is -0.192. The van der Waals surface area contributed by atoms with Gasteiger partial charge in [-0.05, 0) is 65.8 Å². The number of halogens is 4. The van der Waals surface area contributed by atoms with E-state index in [-0.39, 0.29) is 40.5 Å². The molecule has 4 N–H and O–H groups in total. The number of fused-ring (bicyclic) bond motifs is 1. The molecule has 1 amide bonds. The first-order valence-electron chi connectivity index (χ1n) is 15.9. The number of hydrogen-bond acceptors (Lipinski definition) is 9. The predicted molar refractivity (Wildman–Crippen MR) is 182 cm³/mol. The Morgan fingerprint density at radius 1 is 1.06 bits per heavy atom. The Labute approximate surface area is 296 Å². The molecule has 0 radical (unpaired) electrons. The lowest BCUT2D eigenvalue weighted by atomic mass is 9.92. The highest BCUT2D eigenvalue weighted by Gasteiger charge is 2.47. The van der Waals surface area contributed by atoms with Gasteiger partial charge in [0.2, 0.25) is 0 Å². The number of anilines is 1. The molecule has 0 spiro atoms. The van der Waals surface area contributed by atoms with E-state index in [1.165, 1.54) is 36.1 Å². The quantitative estimate of drug-likeness (QED) is 0.106. The number of amides is 1. The van der Waals surface area contributed by atoms with Crippen LogP contribution in [0.5, 0.6) is 5.75 Å². The normalized spacial score (nSPS) is 16.5. The van der Waals surface area contributed by atoms with Gasteiger partial charge < -0.3 is 19.8 Å². The van der Waals surface area contributed by atoms with Gasteiger partial charge in [0.25, 0.3) is 5.91 Å². The number of nitrogens with zero attached hydrogens (tertiary/aromatic N) is 3. The van der Waals surface area contributed by atoms with E-state index < -0.39 is 57.7 Å². The zero-order valence-electron chi connectivity index (χ0n) is 28.2. The van der Waals surface area contributed by atoms with E-state index in [1.807, 2.05) is 6.92 Å². The van der Waals surface area contributed by atoms with Crippen molar-refractivity contribution >= 4 is 44.1 Å². The molecule has 1 saturated heterocycles. The van der Waals surface area contributed by atoms with E-state index in [2.05, 4.69) is 4.98 Å². The van der Waals surface area contributed by atoms with Gasteiger partial charge in [-0.2, -0.15) is 13.2 Å². The van der Waals surface area contributed by atoms with Crippen LogP contribution in [0.4, 0.5) is 23.2 Å². The molecular weight excluding hydrogens is 712 g/mol. The van der Waals surface area contributed by atoms with Crippen LogP contribution in [0.3, 0.4) is 0 Å². The average molecular weight is 749 g/mol. The number of rotatable bonds is 10. The fourth-order valence-corrected chi connectivity index (χ4v) is 7.16. The molecule has 0 aliphatic carbocycles. The molecule has 278 valence electrons. The van der Waals surface area contributed by atoms with E-state index in [4.69, 9.17) is 20.5 Å². The average Bonchev–Trinajstić information content (AvgIpc) is 3.57. The van der Waals surface area contributed by atoms with Crippen molar-refractivity contribution in [3.8, 4) is 5.75 Å². The summed E-state index contributed by atoms with van der Waals surface area (Å²) in [6, 6.07) is 13.6. The molecule has 3 atom stereocenters. The molecule has 1 aliphatic heterocycles. The second-order valence-corrected chi connectivity index (χ2v) is 14.0. The number of hydrogen-bond donors (Lipinski definition) is 3. The number of carbonyl (C=O) groups is 3. The number of methoxy groups -OCH3 is 1. The fraction of sp³-hybridized carbons (Fsp3) is 0.314. The van der Waals surface area contributed by atoms with Gasteiger partial charge in [0.1, 0.15) is 0 Å². The van der Waals surface area contributed by atoms with Gasteiger partial charge >= 0.3 is 18.1 Å². The summed E-state index contributed by atoms with van der Waals surface area (Å²) >= 11 is 0. The number of pyridine rings is 1. The SMILES string of the molecule is CCc1cc(OC)c(F)c([C@H](C(=O)N2CC[C@H](C(=O)O)[C@@H]2c2ccccc2S(=O)(=O)CC)N(N)c2ccc3cnccc3c2)c1.O=C(O)C(F)(F)F.